The van der Waals surface area contributed by atoms with Gasteiger partial charge in [-0.3, -0.25) is 14.9 Å². The first-order chi connectivity index (χ1) is 18.2. The summed E-state index contributed by atoms with van der Waals surface area (Å²) in [7, 11) is 1.79. The Morgan fingerprint density at radius 1 is 1.08 bits per heavy atom. The molecule has 0 bridgehead atoms. The molecular formula is C30H39N3O5. The summed E-state index contributed by atoms with van der Waals surface area (Å²) in [6, 6.07) is 17.7. The van der Waals surface area contributed by atoms with E-state index in [1.807, 2.05) is 54.6 Å². The van der Waals surface area contributed by atoms with Gasteiger partial charge in [0.1, 0.15) is 6.10 Å². The van der Waals surface area contributed by atoms with Crippen molar-refractivity contribution in [2.45, 2.75) is 51.6 Å². The third-order valence-corrected chi connectivity index (χ3v) is 8.01. The molecule has 0 aromatic heterocycles. The number of nitrogens with zero attached hydrogens (tertiary/aromatic N) is 2. The van der Waals surface area contributed by atoms with Gasteiger partial charge in [-0.15, -0.1) is 0 Å². The minimum atomic E-state index is -0.797. The van der Waals surface area contributed by atoms with E-state index in [9.17, 15) is 14.4 Å². The van der Waals surface area contributed by atoms with E-state index in [4.69, 9.17) is 9.84 Å². The van der Waals surface area contributed by atoms with E-state index in [1.54, 1.807) is 11.9 Å². The normalized spacial score (nSPS) is 22.6. The minimum Gasteiger partial charge on any atom is -0.481 e. The first-order valence-corrected chi connectivity index (χ1v) is 13.5. The number of anilines is 1. The van der Waals surface area contributed by atoms with Gasteiger partial charge < -0.3 is 19.6 Å². The maximum Gasteiger partial charge on any atom is 0.411 e. The van der Waals surface area contributed by atoms with Crippen LogP contribution in [0.25, 0.3) is 11.1 Å². The molecule has 204 valence electrons. The third-order valence-electron chi connectivity index (χ3n) is 8.01. The van der Waals surface area contributed by atoms with Crippen molar-refractivity contribution in [3.63, 3.8) is 0 Å². The lowest BCUT2D eigenvalue weighted by Crippen LogP contribution is -2.33. The zero-order chi connectivity index (χ0) is 27.1. The Morgan fingerprint density at radius 3 is 2.55 bits per heavy atom. The quantitative estimate of drug-likeness (QED) is 0.399. The fourth-order valence-corrected chi connectivity index (χ4v) is 5.95. The molecule has 4 rings (SSSR count). The number of benzene rings is 2. The first-order valence-electron chi connectivity index (χ1n) is 13.5. The third kappa shape index (κ3) is 7.13. The minimum absolute atomic E-state index is 0.0681. The van der Waals surface area contributed by atoms with Crippen LogP contribution in [0.2, 0.25) is 0 Å². The number of fused-ring (bicyclic) bond motifs is 1. The highest BCUT2D eigenvalue weighted by Gasteiger charge is 2.50. The number of carboxylic acid groups (broad SMARTS) is 1. The summed E-state index contributed by atoms with van der Waals surface area (Å²) in [6.45, 7) is 5.37. The van der Waals surface area contributed by atoms with E-state index in [0.717, 1.165) is 42.7 Å². The van der Waals surface area contributed by atoms with E-state index >= 15 is 0 Å². The van der Waals surface area contributed by atoms with Gasteiger partial charge in [-0.1, -0.05) is 55.5 Å². The average Bonchev–Trinajstić information content (AvgIpc) is 3.35. The smallest absolute Gasteiger partial charge is 0.411 e. The predicted octanol–water partition coefficient (Wildman–Crippen LogP) is 5.11. The summed E-state index contributed by atoms with van der Waals surface area (Å²) in [5, 5.41) is 11.7. The topological polar surface area (TPSA) is 99.2 Å². The molecule has 8 nitrogen and oxygen atoms in total. The molecule has 2 N–H and O–H groups in total. The molecule has 1 unspecified atom stereocenters. The molecule has 1 aliphatic heterocycles. The fourth-order valence-electron chi connectivity index (χ4n) is 5.95. The number of carboxylic acids is 1. The summed E-state index contributed by atoms with van der Waals surface area (Å²) in [5.41, 5.74) is 2.79. The molecule has 2 aromatic carbocycles. The Labute approximate surface area is 225 Å². The van der Waals surface area contributed by atoms with Crippen molar-refractivity contribution in [3.05, 3.63) is 54.6 Å². The summed E-state index contributed by atoms with van der Waals surface area (Å²) in [5.74, 6) is -0.273. The number of ether oxygens (including phenoxy) is 1. The van der Waals surface area contributed by atoms with Gasteiger partial charge in [0, 0.05) is 51.6 Å². The van der Waals surface area contributed by atoms with Crippen molar-refractivity contribution in [2.24, 2.45) is 11.3 Å². The molecule has 8 heteroatoms. The molecular weight excluding hydrogens is 482 g/mol. The summed E-state index contributed by atoms with van der Waals surface area (Å²) < 4.78 is 5.87. The molecule has 1 saturated carbocycles. The van der Waals surface area contributed by atoms with Crippen LogP contribution in [-0.2, 0) is 14.3 Å². The number of unbranched alkanes of at least 4 members (excludes halogenated alkanes) is 1. The van der Waals surface area contributed by atoms with E-state index < -0.39 is 12.1 Å². The lowest BCUT2D eigenvalue weighted by molar-refractivity contribution is -0.137. The highest BCUT2D eigenvalue weighted by molar-refractivity contribution is 5.91. The molecule has 1 aliphatic carbocycles. The van der Waals surface area contributed by atoms with Crippen molar-refractivity contribution in [1.82, 2.24) is 9.80 Å². The standard InChI is InChI=1S/C30H39N3O5/c1-30-19-24(38-29(37)31-26-13-7-6-12-25(26)22-10-4-3-5-11-22)18-23(30)20-33(21-30)17-15-27(34)32(2)16-9-8-14-28(35)36/h3-7,10-13,23-24H,8-9,14-21H2,1-2H3,(H,31,37)(H,35,36)/t23?,24-,30-/m1/s1. The molecule has 2 aromatic rings. The van der Waals surface area contributed by atoms with Crippen LogP contribution >= 0.6 is 0 Å². The number of hydrogen-bond acceptors (Lipinski definition) is 5. The zero-order valence-corrected chi connectivity index (χ0v) is 22.4. The Kier molecular flexibility index (Phi) is 9.05. The number of hydrogen-bond donors (Lipinski definition) is 2. The van der Waals surface area contributed by atoms with Crippen molar-refractivity contribution in [3.8, 4) is 11.1 Å². The van der Waals surface area contributed by atoms with Crippen LogP contribution in [0.1, 0.15) is 45.4 Å². The molecule has 1 heterocycles. The van der Waals surface area contributed by atoms with Crippen molar-refractivity contribution < 1.29 is 24.2 Å². The molecule has 38 heavy (non-hydrogen) atoms. The van der Waals surface area contributed by atoms with Crippen LogP contribution in [0.5, 0.6) is 0 Å². The summed E-state index contributed by atoms with van der Waals surface area (Å²) in [4.78, 5) is 40.0. The van der Waals surface area contributed by atoms with Gasteiger partial charge in [0.25, 0.3) is 0 Å². The highest BCUT2D eigenvalue weighted by atomic mass is 16.6. The summed E-state index contributed by atoms with van der Waals surface area (Å²) in [6.07, 6.45) is 3.00. The maximum atomic E-state index is 12.8. The molecule has 3 atom stereocenters. The maximum absolute atomic E-state index is 12.8. The van der Waals surface area contributed by atoms with E-state index in [1.165, 1.54) is 0 Å². The van der Waals surface area contributed by atoms with Crippen LogP contribution < -0.4 is 5.32 Å². The second-order valence-electron chi connectivity index (χ2n) is 11.0. The van der Waals surface area contributed by atoms with Gasteiger partial charge in [0.05, 0.1) is 5.69 Å². The molecule has 2 aliphatic rings. The lowest BCUT2D eigenvalue weighted by atomic mass is 9.83. The zero-order valence-electron chi connectivity index (χ0n) is 22.4. The summed E-state index contributed by atoms with van der Waals surface area (Å²) >= 11 is 0. The second kappa shape index (κ2) is 12.4. The van der Waals surface area contributed by atoms with Crippen molar-refractivity contribution in [1.29, 1.82) is 0 Å². The Hall–Kier alpha value is -3.39. The largest absolute Gasteiger partial charge is 0.481 e. The van der Waals surface area contributed by atoms with Gasteiger partial charge in [0.15, 0.2) is 0 Å². The van der Waals surface area contributed by atoms with Gasteiger partial charge in [-0.05, 0) is 48.6 Å². The van der Waals surface area contributed by atoms with Gasteiger partial charge >= 0.3 is 12.1 Å². The van der Waals surface area contributed by atoms with Crippen LogP contribution in [0.4, 0.5) is 10.5 Å². The van der Waals surface area contributed by atoms with E-state index in [2.05, 4.69) is 17.1 Å². The highest BCUT2D eigenvalue weighted by Crippen LogP contribution is 2.49. The Morgan fingerprint density at radius 2 is 1.82 bits per heavy atom. The number of aliphatic carboxylic acids is 1. The number of amides is 2. The predicted molar refractivity (Wildman–Crippen MR) is 147 cm³/mol. The molecule has 2 fully saturated rings. The van der Waals surface area contributed by atoms with Crippen LogP contribution in [0, 0.1) is 11.3 Å². The molecule has 1 saturated heterocycles. The van der Waals surface area contributed by atoms with E-state index in [0.29, 0.717) is 38.3 Å². The fraction of sp³-hybridized carbons (Fsp3) is 0.500. The van der Waals surface area contributed by atoms with Crippen molar-refractivity contribution in [2.75, 3.05) is 38.5 Å². The molecule has 2 amide bonds. The van der Waals surface area contributed by atoms with Crippen LogP contribution in [-0.4, -0.2) is 72.2 Å². The SMILES string of the molecule is CN(CCCCC(=O)O)C(=O)CCN1CC2C[C@@H](OC(=O)Nc3ccccc3-c3ccccc3)C[C@]2(C)C1. The number of likely N-dealkylation sites (tertiary alicyclic amines) is 1. The number of rotatable bonds is 11. The van der Waals surface area contributed by atoms with Gasteiger partial charge in [0.2, 0.25) is 5.91 Å². The Bertz CT molecular complexity index is 1120. The molecule has 0 radical (unpaired) electrons. The van der Waals surface area contributed by atoms with E-state index in [-0.39, 0.29) is 23.8 Å². The second-order valence-corrected chi connectivity index (χ2v) is 11.0. The first kappa shape index (κ1) is 27.6. The number of carbonyl (C=O) groups excluding carboxylic acids is 2. The Balaban J connectivity index is 1.21. The number of carbonyl (C=O) groups is 3. The monoisotopic (exact) mass is 521 g/mol. The average molecular weight is 522 g/mol. The number of para-hydroxylation sites is 1. The van der Waals surface area contributed by atoms with Crippen LogP contribution in [0.15, 0.2) is 54.6 Å². The number of nitrogens with one attached hydrogen (secondary N) is 1. The van der Waals surface area contributed by atoms with Crippen LogP contribution in [0.3, 0.4) is 0 Å². The molecule has 0 spiro atoms. The van der Waals surface area contributed by atoms with Crippen molar-refractivity contribution >= 4 is 23.7 Å². The van der Waals surface area contributed by atoms with Gasteiger partial charge in [-0.25, -0.2) is 4.79 Å². The van der Waals surface area contributed by atoms with Gasteiger partial charge in [-0.2, -0.15) is 0 Å². The lowest BCUT2D eigenvalue weighted by Gasteiger charge is -2.25.